The van der Waals surface area contributed by atoms with Crippen molar-refractivity contribution in [2.75, 3.05) is 19.5 Å². The number of fused-ring (bicyclic) bond motifs is 14. The summed E-state index contributed by atoms with van der Waals surface area (Å²) in [6, 6.07) is 12.8. The zero-order chi connectivity index (χ0) is 49.9. The number of carbonyl (C=O) groups excluding carboxylic acids is 6. The molecule has 0 saturated heterocycles. The second-order valence-electron chi connectivity index (χ2n) is 17.6. The number of allylic oxidation sites excluding steroid dienone is 4. The van der Waals surface area contributed by atoms with Gasteiger partial charge in [-0.2, -0.15) is 0 Å². The minimum absolute atomic E-state index is 0.00975. The largest absolute Gasteiger partial charge is 0.497 e. The van der Waals surface area contributed by atoms with E-state index >= 15 is 9.59 Å². The zero-order valence-electron chi connectivity index (χ0n) is 39.9. The van der Waals surface area contributed by atoms with Gasteiger partial charge in [0.25, 0.3) is 11.7 Å². The number of hydrogen-bond acceptors (Lipinski definition) is 15. The lowest BCUT2D eigenvalue weighted by Crippen LogP contribution is -2.46. The van der Waals surface area contributed by atoms with Gasteiger partial charge in [-0.1, -0.05) is 63.6 Å². The molecule has 1 aliphatic carbocycles. The summed E-state index contributed by atoms with van der Waals surface area (Å²) < 4.78 is 35.2. The van der Waals surface area contributed by atoms with Crippen LogP contribution in [0.2, 0.25) is 0 Å². The minimum Gasteiger partial charge on any atom is -0.497 e. The normalized spacial score (nSPS) is 27.9. The van der Waals surface area contributed by atoms with Gasteiger partial charge in [0.2, 0.25) is 11.6 Å². The number of benzene rings is 3. The Morgan fingerprint density at radius 2 is 1.47 bits per heavy atom. The number of ether oxygens (including phenoxy) is 6. The first-order chi connectivity index (χ1) is 32.1. The molecule has 3 aromatic carbocycles. The van der Waals surface area contributed by atoms with E-state index in [2.05, 4.69) is 10.6 Å². The molecule has 3 heterocycles. The SMILES string of the molecule is COc1ccc(C(=O)Oc2c(C)c3c4c5c2C(=O)C(=C(Nc2ccc(C)cc2)C5=O)NC(=O)/C(C)=C\C=C[C@H](C)[C@H](O)[C@@H](C)[C@H](O)[C@H](C)[C@H](OC(C)=O)[C@H](C)[C@@H](OC)/C=C\O[C@@](C)(O3)C4=O)cc1. The van der Waals surface area contributed by atoms with Gasteiger partial charge in [0, 0.05) is 61.5 Å². The van der Waals surface area contributed by atoms with Gasteiger partial charge in [-0.15, -0.1) is 0 Å². The van der Waals surface area contributed by atoms with Crippen molar-refractivity contribution in [3.05, 3.63) is 129 Å². The summed E-state index contributed by atoms with van der Waals surface area (Å²) in [6.07, 6.45) is 3.17. The molecule has 3 aliphatic heterocycles. The summed E-state index contributed by atoms with van der Waals surface area (Å²) >= 11 is 0. The lowest BCUT2D eigenvalue weighted by atomic mass is 9.78. The van der Waals surface area contributed by atoms with Crippen LogP contribution in [-0.4, -0.2) is 89.8 Å². The maximum atomic E-state index is 15.2. The highest BCUT2D eigenvalue weighted by atomic mass is 16.7. The quantitative estimate of drug-likeness (QED) is 0.140. The number of aryl methyl sites for hydroxylation is 1. The van der Waals surface area contributed by atoms with Crippen LogP contribution in [0.25, 0.3) is 0 Å². The molecule has 3 aromatic rings. The third-order valence-electron chi connectivity index (χ3n) is 12.8. The summed E-state index contributed by atoms with van der Waals surface area (Å²) in [5.74, 6) is -10.1. The molecule has 360 valence electrons. The van der Waals surface area contributed by atoms with Crippen LogP contribution in [0.1, 0.15) is 101 Å². The average molecular weight is 935 g/mol. The Kier molecular flexibility index (Phi) is 15.3. The molecule has 0 aromatic heterocycles. The maximum absolute atomic E-state index is 15.2. The van der Waals surface area contributed by atoms with Crippen LogP contribution in [0.4, 0.5) is 5.69 Å². The number of carbonyl (C=O) groups is 6. The van der Waals surface area contributed by atoms with Gasteiger partial charge in [0.15, 0.2) is 0 Å². The number of hydrogen-bond donors (Lipinski definition) is 4. The Hall–Kier alpha value is -6.88. The second kappa shape index (κ2) is 20.6. The predicted molar refractivity (Wildman–Crippen MR) is 249 cm³/mol. The van der Waals surface area contributed by atoms with Crippen LogP contribution in [-0.2, 0) is 23.8 Å². The summed E-state index contributed by atoms with van der Waals surface area (Å²) in [5.41, 5.74) is -0.790. The molecule has 0 spiro atoms. The summed E-state index contributed by atoms with van der Waals surface area (Å²) in [6.45, 7) is 14.2. The molecule has 0 radical (unpaired) electrons. The molecule has 9 atom stereocenters. The molecule has 0 fully saturated rings. The van der Waals surface area contributed by atoms with Gasteiger partial charge in [-0.25, -0.2) is 4.79 Å². The van der Waals surface area contributed by atoms with E-state index in [1.165, 1.54) is 78.3 Å². The average Bonchev–Trinajstić information content (AvgIpc) is 3.58. The number of esters is 2. The summed E-state index contributed by atoms with van der Waals surface area (Å²) in [4.78, 5) is 85.7. The van der Waals surface area contributed by atoms with Crippen molar-refractivity contribution >= 4 is 40.9 Å². The molecule has 5 bridgehead atoms. The highest BCUT2D eigenvalue weighted by molar-refractivity contribution is 6.33. The fraction of sp³-hybridized carbons (Fsp3) is 0.385. The molecule has 0 saturated carbocycles. The Morgan fingerprint density at radius 1 is 0.809 bits per heavy atom. The molecule has 7 rings (SSSR count). The van der Waals surface area contributed by atoms with E-state index in [1.807, 2.05) is 6.92 Å². The van der Waals surface area contributed by atoms with Crippen molar-refractivity contribution in [3.8, 4) is 17.2 Å². The van der Waals surface area contributed by atoms with Crippen molar-refractivity contribution in [1.29, 1.82) is 0 Å². The van der Waals surface area contributed by atoms with Crippen molar-refractivity contribution < 1.29 is 67.4 Å². The Morgan fingerprint density at radius 3 is 2.09 bits per heavy atom. The maximum Gasteiger partial charge on any atom is 0.343 e. The first-order valence-corrected chi connectivity index (χ1v) is 22.2. The van der Waals surface area contributed by atoms with E-state index in [9.17, 15) is 29.4 Å². The fourth-order valence-electron chi connectivity index (χ4n) is 8.58. The standard InChI is InChI=1S/C52H58N2O14/c1-25-15-19-34(20-16-25)53-40-41-45(59)38-37(44(40)58)39-48(31(7)47(38)67-51(62)33-17-21-35(63-10)22-18-33)68-52(9,49(39)60)65-24-23-36(64-11)28(4)46(66-32(8)55)30(6)43(57)29(5)42(56)26(2)13-12-14-27(3)50(61)54-41/h12-24,26,28-30,36,42-43,46,53,56-57H,1-11H3,(H,54,61)/b13-12?,24-23-,27-14-/t26-,28+,29+,30-,36-,42-,43-,46+,52-/m0/s1. The van der Waals surface area contributed by atoms with Crippen molar-refractivity contribution in [1.82, 2.24) is 5.32 Å². The van der Waals surface area contributed by atoms with Crippen LogP contribution >= 0.6 is 0 Å². The summed E-state index contributed by atoms with van der Waals surface area (Å²) in [7, 11) is 2.87. The number of amides is 1. The van der Waals surface area contributed by atoms with E-state index in [4.69, 9.17) is 28.4 Å². The second-order valence-corrected chi connectivity index (χ2v) is 17.6. The van der Waals surface area contributed by atoms with Gasteiger partial charge < -0.3 is 49.3 Å². The van der Waals surface area contributed by atoms with E-state index in [1.54, 1.807) is 64.1 Å². The van der Waals surface area contributed by atoms with Gasteiger partial charge in [-0.05, 0) is 63.2 Å². The van der Waals surface area contributed by atoms with E-state index < -0.39 is 117 Å². The highest BCUT2D eigenvalue weighted by Crippen LogP contribution is 2.49. The van der Waals surface area contributed by atoms with Crippen LogP contribution in [0.3, 0.4) is 0 Å². The molecular weight excluding hydrogens is 877 g/mol. The van der Waals surface area contributed by atoms with E-state index in [0.717, 1.165) is 11.8 Å². The smallest absolute Gasteiger partial charge is 0.343 e. The molecule has 4 N–H and O–H groups in total. The fourth-order valence-corrected chi connectivity index (χ4v) is 8.58. The number of aliphatic hydroxyl groups is 2. The first kappa shape index (κ1) is 50.5. The lowest BCUT2D eigenvalue weighted by Gasteiger charge is -2.38. The molecule has 0 unspecified atom stereocenters. The monoisotopic (exact) mass is 934 g/mol. The topological polar surface area (TPSA) is 222 Å². The molecule has 1 amide bonds. The van der Waals surface area contributed by atoms with Gasteiger partial charge in [0.05, 0.1) is 53.9 Å². The molecule has 68 heavy (non-hydrogen) atoms. The molecule has 4 aliphatic rings. The van der Waals surface area contributed by atoms with Crippen molar-refractivity contribution in [2.45, 2.75) is 92.5 Å². The van der Waals surface area contributed by atoms with Crippen LogP contribution in [0.5, 0.6) is 17.2 Å². The number of aliphatic hydroxyl groups excluding tert-OH is 2. The minimum atomic E-state index is -2.19. The number of Topliss-reactive ketones (excluding diaryl/α,β-unsaturated/α-hetero) is 3. The lowest BCUT2D eigenvalue weighted by molar-refractivity contribution is -0.160. The van der Waals surface area contributed by atoms with E-state index in [0.29, 0.717) is 11.4 Å². The van der Waals surface area contributed by atoms with Gasteiger partial charge in [-0.3, -0.25) is 24.0 Å². The zero-order valence-corrected chi connectivity index (χ0v) is 39.9. The first-order valence-electron chi connectivity index (χ1n) is 22.2. The van der Waals surface area contributed by atoms with Crippen LogP contribution < -0.4 is 24.8 Å². The number of ketones is 3. The van der Waals surface area contributed by atoms with Gasteiger partial charge in [0.1, 0.15) is 34.7 Å². The number of methoxy groups -OCH3 is 2. The van der Waals surface area contributed by atoms with Crippen molar-refractivity contribution in [2.24, 2.45) is 23.7 Å². The Bertz CT molecular complexity index is 2630. The van der Waals surface area contributed by atoms with Gasteiger partial charge >= 0.3 is 17.7 Å². The van der Waals surface area contributed by atoms with Crippen LogP contribution in [0, 0.1) is 37.5 Å². The van der Waals surface area contributed by atoms with Crippen LogP contribution in [0.15, 0.2) is 96.1 Å². The molecular formula is C52H58N2O14. The number of rotatable bonds is 7. The third kappa shape index (κ3) is 10.0. The number of anilines is 1. The highest BCUT2D eigenvalue weighted by Gasteiger charge is 2.53. The summed E-state index contributed by atoms with van der Waals surface area (Å²) in [5, 5.41) is 28.7. The third-order valence-corrected chi connectivity index (χ3v) is 12.8. The Labute approximate surface area is 395 Å². The van der Waals surface area contributed by atoms with E-state index in [-0.39, 0.29) is 28.0 Å². The Balaban J connectivity index is 1.57. The molecule has 16 heteroatoms. The number of nitrogens with one attached hydrogen (secondary N) is 2. The van der Waals surface area contributed by atoms with Crippen molar-refractivity contribution in [3.63, 3.8) is 0 Å². The predicted octanol–water partition coefficient (Wildman–Crippen LogP) is 6.90. The molecule has 16 nitrogen and oxygen atoms in total.